The van der Waals surface area contributed by atoms with E-state index in [-0.39, 0.29) is 18.5 Å². The van der Waals surface area contributed by atoms with E-state index in [2.05, 4.69) is 10.3 Å². The fraction of sp³-hybridized carbons (Fsp3) is 0.278. The minimum Gasteiger partial charge on any atom is -0.378 e. The molecule has 1 N–H and O–H groups in total. The predicted molar refractivity (Wildman–Crippen MR) is 91.4 cm³/mol. The second kappa shape index (κ2) is 5.96. The Morgan fingerprint density at radius 2 is 1.71 bits per heavy atom. The minimum atomic E-state index is -1.05. The molecule has 1 aliphatic rings. The van der Waals surface area contributed by atoms with E-state index in [0.29, 0.717) is 0 Å². The van der Waals surface area contributed by atoms with Crippen LogP contribution in [0.4, 0.5) is 10.5 Å². The maximum Gasteiger partial charge on any atom is 0.325 e. The number of nitrogens with one attached hydrogen (secondary N) is 1. The summed E-state index contributed by atoms with van der Waals surface area (Å²) >= 11 is 0. The second-order valence-corrected chi connectivity index (χ2v) is 6.24. The van der Waals surface area contributed by atoms with Gasteiger partial charge in [0.25, 0.3) is 5.91 Å². The van der Waals surface area contributed by atoms with Crippen LogP contribution in [0.3, 0.4) is 0 Å². The Bertz CT molecular complexity index is 758. The second-order valence-electron chi connectivity index (χ2n) is 6.24. The quantitative estimate of drug-likeness (QED) is 0.875. The summed E-state index contributed by atoms with van der Waals surface area (Å²) in [6.07, 6.45) is 3.29. The highest BCUT2D eigenvalue weighted by Gasteiger charge is 2.48. The van der Waals surface area contributed by atoms with E-state index in [1.54, 1.807) is 31.5 Å². The monoisotopic (exact) mass is 324 g/mol. The van der Waals surface area contributed by atoms with E-state index in [0.717, 1.165) is 16.8 Å². The molecule has 124 valence electrons. The van der Waals surface area contributed by atoms with Gasteiger partial charge in [-0.05, 0) is 42.3 Å². The lowest BCUT2D eigenvalue weighted by molar-refractivity contribution is -0.131. The van der Waals surface area contributed by atoms with E-state index < -0.39 is 5.54 Å². The number of benzene rings is 1. The first-order valence-corrected chi connectivity index (χ1v) is 7.73. The third-order valence-electron chi connectivity index (χ3n) is 4.33. The molecule has 0 spiro atoms. The smallest absolute Gasteiger partial charge is 0.325 e. The van der Waals surface area contributed by atoms with Crippen LogP contribution in [0.1, 0.15) is 18.1 Å². The molecule has 0 bridgehead atoms. The number of urea groups is 1. The van der Waals surface area contributed by atoms with Crippen LogP contribution in [0.2, 0.25) is 0 Å². The van der Waals surface area contributed by atoms with Gasteiger partial charge < -0.3 is 10.2 Å². The highest BCUT2D eigenvalue weighted by atomic mass is 16.2. The van der Waals surface area contributed by atoms with Gasteiger partial charge in [0.15, 0.2) is 0 Å². The van der Waals surface area contributed by atoms with Gasteiger partial charge >= 0.3 is 6.03 Å². The van der Waals surface area contributed by atoms with Gasteiger partial charge in [0.05, 0.1) is 6.54 Å². The Hall–Kier alpha value is -2.89. The summed E-state index contributed by atoms with van der Waals surface area (Å²) < 4.78 is 0. The molecular weight excluding hydrogens is 304 g/mol. The molecule has 1 aromatic heterocycles. The molecule has 24 heavy (non-hydrogen) atoms. The van der Waals surface area contributed by atoms with Gasteiger partial charge in [-0.15, -0.1) is 0 Å². The van der Waals surface area contributed by atoms with Crippen LogP contribution in [-0.4, -0.2) is 35.9 Å². The lowest BCUT2D eigenvalue weighted by atomic mass is 9.91. The lowest BCUT2D eigenvalue weighted by Gasteiger charge is -2.23. The van der Waals surface area contributed by atoms with E-state index >= 15 is 0 Å². The number of carbonyl (C=O) groups is 2. The fourth-order valence-electron chi connectivity index (χ4n) is 2.80. The summed E-state index contributed by atoms with van der Waals surface area (Å²) in [5, 5.41) is 2.82. The van der Waals surface area contributed by atoms with Crippen molar-refractivity contribution in [3.8, 4) is 0 Å². The molecule has 1 aromatic carbocycles. The van der Waals surface area contributed by atoms with E-state index in [4.69, 9.17) is 0 Å². The van der Waals surface area contributed by atoms with Crippen LogP contribution in [0.5, 0.6) is 0 Å². The summed E-state index contributed by atoms with van der Waals surface area (Å²) in [5.41, 5.74) is 1.62. The van der Waals surface area contributed by atoms with Gasteiger partial charge in [-0.2, -0.15) is 0 Å². The van der Waals surface area contributed by atoms with Crippen molar-refractivity contribution in [3.05, 3.63) is 59.9 Å². The molecule has 3 rings (SSSR count). The Morgan fingerprint density at radius 3 is 2.29 bits per heavy atom. The minimum absolute atomic E-state index is 0.235. The van der Waals surface area contributed by atoms with E-state index in [1.165, 1.54) is 4.90 Å². The number of anilines is 1. The number of imide groups is 1. The summed E-state index contributed by atoms with van der Waals surface area (Å²) in [6, 6.07) is 10.8. The Morgan fingerprint density at radius 1 is 1.08 bits per heavy atom. The van der Waals surface area contributed by atoms with Crippen molar-refractivity contribution in [1.29, 1.82) is 0 Å². The number of rotatable bonds is 4. The molecule has 1 saturated heterocycles. The van der Waals surface area contributed by atoms with Gasteiger partial charge in [-0.25, -0.2) is 4.79 Å². The normalized spacial score (nSPS) is 20.2. The van der Waals surface area contributed by atoms with Crippen molar-refractivity contribution in [1.82, 2.24) is 15.2 Å². The van der Waals surface area contributed by atoms with Gasteiger partial charge in [0.1, 0.15) is 5.54 Å². The molecule has 0 saturated carbocycles. The molecule has 2 heterocycles. The third kappa shape index (κ3) is 2.71. The van der Waals surface area contributed by atoms with Crippen molar-refractivity contribution in [3.63, 3.8) is 0 Å². The lowest BCUT2D eigenvalue weighted by Crippen LogP contribution is -2.40. The van der Waals surface area contributed by atoms with Crippen molar-refractivity contribution in [2.45, 2.75) is 19.0 Å². The van der Waals surface area contributed by atoms with Crippen molar-refractivity contribution >= 4 is 17.6 Å². The Kier molecular flexibility index (Phi) is 3.97. The zero-order valence-electron chi connectivity index (χ0n) is 14.0. The Labute approximate surface area is 141 Å². The summed E-state index contributed by atoms with van der Waals surface area (Å²) in [4.78, 5) is 32.4. The number of carbonyl (C=O) groups excluding carboxylic acids is 2. The first kappa shape index (κ1) is 16.0. The van der Waals surface area contributed by atoms with Gasteiger partial charge in [0.2, 0.25) is 0 Å². The number of nitrogens with zero attached hydrogens (tertiary/aromatic N) is 3. The molecule has 1 fully saturated rings. The number of aromatic nitrogens is 1. The van der Waals surface area contributed by atoms with Crippen LogP contribution >= 0.6 is 0 Å². The van der Waals surface area contributed by atoms with Crippen molar-refractivity contribution in [2.75, 3.05) is 19.0 Å². The van der Waals surface area contributed by atoms with Crippen molar-refractivity contribution < 1.29 is 9.59 Å². The van der Waals surface area contributed by atoms with Crippen LogP contribution < -0.4 is 10.2 Å². The summed E-state index contributed by atoms with van der Waals surface area (Å²) in [7, 11) is 3.91. The number of amides is 3. The highest BCUT2D eigenvalue weighted by Crippen LogP contribution is 2.30. The molecule has 6 nitrogen and oxygen atoms in total. The molecule has 3 amide bonds. The van der Waals surface area contributed by atoms with Crippen LogP contribution in [-0.2, 0) is 16.9 Å². The molecule has 0 radical (unpaired) electrons. The van der Waals surface area contributed by atoms with Crippen LogP contribution in [0.15, 0.2) is 48.8 Å². The first-order valence-electron chi connectivity index (χ1n) is 7.73. The van der Waals surface area contributed by atoms with Crippen LogP contribution in [0, 0.1) is 0 Å². The Balaban J connectivity index is 1.86. The van der Waals surface area contributed by atoms with Gasteiger partial charge in [0, 0.05) is 32.2 Å². The summed E-state index contributed by atoms with van der Waals surface area (Å²) in [6.45, 7) is 1.98. The maximum absolute atomic E-state index is 12.9. The average Bonchev–Trinajstić information content (AvgIpc) is 2.80. The molecule has 6 heteroatoms. The number of hydrogen-bond acceptors (Lipinski definition) is 4. The zero-order chi connectivity index (χ0) is 17.3. The molecule has 0 aliphatic carbocycles. The van der Waals surface area contributed by atoms with Gasteiger partial charge in [-0.1, -0.05) is 12.1 Å². The molecule has 1 unspecified atom stereocenters. The average molecular weight is 324 g/mol. The fourth-order valence-corrected chi connectivity index (χ4v) is 2.80. The molecule has 1 aliphatic heterocycles. The topological polar surface area (TPSA) is 65.5 Å². The largest absolute Gasteiger partial charge is 0.378 e. The molecule has 1 atom stereocenters. The van der Waals surface area contributed by atoms with E-state index in [9.17, 15) is 9.59 Å². The van der Waals surface area contributed by atoms with Crippen molar-refractivity contribution in [2.24, 2.45) is 0 Å². The van der Waals surface area contributed by atoms with Crippen LogP contribution in [0.25, 0.3) is 0 Å². The standard InChI is InChI=1S/C18H20N4O2/c1-18(14-4-6-15(7-5-14)21(2)3)16(23)22(17(24)20-18)12-13-8-10-19-11-9-13/h4-11H,12H2,1-3H3,(H,20,24). The van der Waals surface area contributed by atoms with Gasteiger partial charge in [-0.3, -0.25) is 14.7 Å². The number of hydrogen-bond donors (Lipinski definition) is 1. The number of pyridine rings is 1. The zero-order valence-corrected chi connectivity index (χ0v) is 14.0. The summed E-state index contributed by atoms with van der Waals surface area (Å²) in [5.74, 6) is -0.248. The highest BCUT2D eigenvalue weighted by molar-refractivity contribution is 6.07. The first-order chi connectivity index (χ1) is 11.4. The molecular formula is C18H20N4O2. The predicted octanol–water partition coefficient (Wildman–Crippen LogP) is 2.11. The third-order valence-corrected chi connectivity index (χ3v) is 4.33. The molecule has 2 aromatic rings. The maximum atomic E-state index is 12.9. The van der Waals surface area contributed by atoms with E-state index in [1.807, 2.05) is 43.3 Å². The SMILES string of the molecule is CN(C)c1ccc(C2(C)NC(=O)N(Cc3ccncc3)C2=O)cc1.